The van der Waals surface area contributed by atoms with Crippen molar-refractivity contribution in [2.24, 2.45) is 5.92 Å². The summed E-state index contributed by atoms with van der Waals surface area (Å²) in [5.74, 6) is 0.275. The molecule has 1 aromatic carbocycles. The van der Waals surface area contributed by atoms with E-state index < -0.39 is 0 Å². The predicted molar refractivity (Wildman–Crippen MR) is 94.7 cm³/mol. The zero-order chi connectivity index (χ0) is 16.7. The number of hydrogen-bond acceptors (Lipinski definition) is 4. The summed E-state index contributed by atoms with van der Waals surface area (Å²) in [6.45, 7) is 4.87. The highest BCUT2D eigenvalue weighted by atomic mass is 32.1. The molecule has 5 heteroatoms. The molecule has 0 spiro atoms. The highest BCUT2D eigenvalue weighted by Crippen LogP contribution is 2.23. The molecule has 0 aliphatic carbocycles. The first kappa shape index (κ1) is 17.6. The van der Waals surface area contributed by atoms with Gasteiger partial charge in [0.25, 0.3) is 5.91 Å². The summed E-state index contributed by atoms with van der Waals surface area (Å²) < 4.78 is 0. The Morgan fingerprint density at radius 3 is 2.61 bits per heavy atom. The SMILES string of the molecule is CCCC(CCO)CNC(=O)c1ccc(-c2nc(C)cs2)cc1. The first-order valence-electron chi connectivity index (χ1n) is 8.05. The molecule has 4 nitrogen and oxygen atoms in total. The third-order valence-electron chi connectivity index (χ3n) is 3.80. The van der Waals surface area contributed by atoms with E-state index >= 15 is 0 Å². The van der Waals surface area contributed by atoms with Gasteiger partial charge in [-0.2, -0.15) is 0 Å². The molecule has 2 rings (SSSR count). The Labute approximate surface area is 141 Å². The minimum atomic E-state index is -0.0640. The number of aliphatic hydroxyl groups excluding tert-OH is 1. The summed E-state index contributed by atoms with van der Waals surface area (Å²) in [6, 6.07) is 7.54. The number of benzene rings is 1. The lowest BCUT2D eigenvalue weighted by atomic mass is 10.00. The molecule has 23 heavy (non-hydrogen) atoms. The maximum absolute atomic E-state index is 12.2. The second-order valence-corrected chi connectivity index (χ2v) is 6.61. The quantitative estimate of drug-likeness (QED) is 0.775. The molecule has 1 amide bonds. The fourth-order valence-electron chi connectivity index (χ4n) is 2.53. The van der Waals surface area contributed by atoms with Gasteiger partial charge in [0, 0.05) is 35.4 Å². The van der Waals surface area contributed by atoms with E-state index in [1.54, 1.807) is 11.3 Å². The molecular formula is C18H24N2O2S. The number of aliphatic hydroxyl groups is 1. The Balaban J connectivity index is 1.94. The van der Waals surface area contributed by atoms with Crippen molar-refractivity contribution in [2.75, 3.05) is 13.2 Å². The van der Waals surface area contributed by atoms with Crippen LogP contribution in [0.15, 0.2) is 29.6 Å². The molecule has 0 saturated heterocycles. The molecule has 1 atom stereocenters. The molecule has 0 radical (unpaired) electrons. The molecule has 0 aliphatic rings. The normalized spacial score (nSPS) is 12.1. The lowest BCUT2D eigenvalue weighted by molar-refractivity contribution is 0.0943. The predicted octanol–water partition coefficient (Wildman–Crippen LogP) is 3.65. The summed E-state index contributed by atoms with van der Waals surface area (Å²) >= 11 is 1.61. The van der Waals surface area contributed by atoms with Crippen molar-refractivity contribution in [2.45, 2.75) is 33.1 Å². The second kappa shape index (κ2) is 8.79. The highest BCUT2D eigenvalue weighted by Gasteiger charge is 2.11. The van der Waals surface area contributed by atoms with Gasteiger partial charge in [0.15, 0.2) is 0 Å². The Bertz CT molecular complexity index is 616. The summed E-state index contributed by atoms with van der Waals surface area (Å²) in [5.41, 5.74) is 2.70. The summed E-state index contributed by atoms with van der Waals surface area (Å²) in [4.78, 5) is 16.7. The third-order valence-corrected chi connectivity index (χ3v) is 4.81. The van der Waals surface area contributed by atoms with Crippen LogP contribution in [0.4, 0.5) is 0 Å². The molecule has 2 N–H and O–H groups in total. The largest absolute Gasteiger partial charge is 0.396 e. The van der Waals surface area contributed by atoms with Gasteiger partial charge < -0.3 is 10.4 Å². The van der Waals surface area contributed by atoms with Gasteiger partial charge in [-0.1, -0.05) is 25.5 Å². The Kier molecular flexibility index (Phi) is 6.74. The van der Waals surface area contributed by atoms with Gasteiger partial charge in [0.2, 0.25) is 0 Å². The third kappa shape index (κ3) is 5.15. The number of aryl methyl sites for hydroxylation is 1. The van der Waals surface area contributed by atoms with Crippen molar-refractivity contribution in [3.05, 3.63) is 40.9 Å². The smallest absolute Gasteiger partial charge is 0.251 e. The van der Waals surface area contributed by atoms with Crippen molar-refractivity contribution in [1.29, 1.82) is 0 Å². The van der Waals surface area contributed by atoms with Crippen LogP contribution < -0.4 is 5.32 Å². The Hall–Kier alpha value is -1.72. The maximum atomic E-state index is 12.2. The highest BCUT2D eigenvalue weighted by molar-refractivity contribution is 7.13. The standard InChI is InChI=1S/C18H24N2O2S/c1-3-4-14(9-10-21)11-19-17(22)15-5-7-16(8-6-15)18-20-13(2)12-23-18/h5-8,12,14,21H,3-4,9-11H2,1-2H3,(H,19,22). The first-order chi connectivity index (χ1) is 11.1. The first-order valence-corrected chi connectivity index (χ1v) is 8.93. The molecule has 0 fully saturated rings. The lowest BCUT2D eigenvalue weighted by Crippen LogP contribution is -2.29. The Morgan fingerprint density at radius 1 is 1.30 bits per heavy atom. The van der Waals surface area contributed by atoms with E-state index in [1.165, 1.54) is 0 Å². The van der Waals surface area contributed by atoms with Crippen LogP contribution in [0.3, 0.4) is 0 Å². The molecule has 0 aliphatic heterocycles. The molecule has 2 aromatic rings. The van der Waals surface area contributed by atoms with Gasteiger partial charge in [-0.15, -0.1) is 11.3 Å². The van der Waals surface area contributed by atoms with Crippen molar-refractivity contribution >= 4 is 17.2 Å². The Morgan fingerprint density at radius 2 is 2.04 bits per heavy atom. The van der Waals surface area contributed by atoms with Crippen LogP contribution in [-0.4, -0.2) is 29.1 Å². The number of nitrogens with one attached hydrogen (secondary N) is 1. The van der Waals surface area contributed by atoms with Crippen molar-refractivity contribution in [3.63, 3.8) is 0 Å². The molecule has 1 unspecified atom stereocenters. The van der Waals surface area contributed by atoms with Gasteiger partial charge in [-0.3, -0.25) is 4.79 Å². The van der Waals surface area contributed by atoms with Crippen molar-refractivity contribution in [1.82, 2.24) is 10.3 Å². The number of thiazole rings is 1. The average Bonchev–Trinajstić information content (AvgIpc) is 2.99. The topological polar surface area (TPSA) is 62.2 Å². The van der Waals surface area contributed by atoms with Crippen LogP contribution in [0, 0.1) is 12.8 Å². The summed E-state index contributed by atoms with van der Waals surface area (Å²) in [5, 5.41) is 15.0. The van der Waals surface area contributed by atoms with Crippen LogP contribution >= 0.6 is 11.3 Å². The number of nitrogens with zero attached hydrogens (tertiary/aromatic N) is 1. The van der Waals surface area contributed by atoms with E-state index in [1.807, 2.05) is 36.6 Å². The number of aromatic nitrogens is 1. The average molecular weight is 332 g/mol. The van der Waals surface area contributed by atoms with E-state index in [4.69, 9.17) is 5.11 Å². The monoisotopic (exact) mass is 332 g/mol. The number of rotatable bonds is 8. The number of carbonyl (C=O) groups is 1. The molecule has 0 bridgehead atoms. The lowest BCUT2D eigenvalue weighted by Gasteiger charge is -2.15. The minimum Gasteiger partial charge on any atom is -0.396 e. The fourth-order valence-corrected chi connectivity index (χ4v) is 3.33. The molecular weight excluding hydrogens is 308 g/mol. The van der Waals surface area contributed by atoms with Gasteiger partial charge in [-0.05, 0) is 37.8 Å². The molecule has 1 aromatic heterocycles. The van der Waals surface area contributed by atoms with E-state index in [0.717, 1.165) is 35.5 Å². The molecule has 0 saturated carbocycles. The van der Waals surface area contributed by atoms with Crippen LogP contribution in [-0.2, 0) is 0 Å². The summed E-state index contributed by atoms with van der Waals surface area (Å²) in [6.07, 6.45) is 2.81. The molecule has 124 valence electrons. The van der Waals surface area contributed by atoms with Crippen molar-refractivity contribution < 1.29 is 9.90 Å². The van der Waals surface area contributed by atoms with Gasteiger partial charge in [0.05, 0.1) is 0 Å². The fraction of sp³-hybridized carbons (Fsp3) is 0.444. The van der Waals surface area contributed by atoms with E-state index in [2.05, 4.69) is 17.2 Å². The van der Waals surface area contributed by atoms with E-state index in [-0.39, 0.29) is 12.5 Å². The van der Waals surface area contributed by atoms with Crippen LogP contribution in [0.25, 0.3) is 10.6 Å². The maximum Gasteiger partial charge on any atom is 0.251 e. The molecule has 1 heterocycles. The number of hydrogen-bond donors (Lipinski definition) is 2. The van der Waals surface area contributed by atoms with E-state index in [9.17, 15) is 4.79 Å². The zero-order valence-corrected chi connectivity index (χ0v) is 14.5. The number of amides is 1. The van der Waals surface area contributed by atoms with Gasteiger partial charge >= 0.3 is 0 Å². The zero-order valence-electron chi connectivity index (χ0n) is 13.7. The number of carbonyl (C=O) groups excluding carboxylic acids is 1. The second-order valence-electron chi connectivity index (χ2n) is 5.75. The van der Waals surface area contributed by atoms with Crippen molar-refractivity contribution in [3.8, 4) is 10.6 Å². The summed E-state index contributed by atoms with van der Waals surface area (Å²) in [7, 11) is 0. The minimum absolute atomic E-state index is 0.0640. The van der Waals surface area contributed by atoms with Gasteiger partial charge in [0.1, 0.15) is 5.01 Å². The van der Waals surface area contributed by atoms with Crippen LogP contribution in [0.5, 0.6) is 0 Å². The van der Waals surface area contributed by atoms with Crippen LogP contribution in [0.1, 0.15) is 42.2 Å². The van der Waals surface area contributed by atoms with Crippen LogP contribution in [0.2, 0.25) is 0 Å². The van der Waals surface area contributed by atoms with E-state index in [0.29, 0.717) is 18.0 Å². The van der Waals surface area contributed by atoms with Gasteiger partial charge in [-0.25, -0.2) is 4.98 Å².